The average Bonchev–Trinajstić information content (AvgIpc) is 2.72. The van der Waals surface area contributed by atoms with Gasteiger partial charge in [-0.05, 0) is 35.0 Å². The lowest BCUT2D eigenvalue weighted by molar-refractivity contribution is 0.308. The van der Waals surface area contributed by atoms with E-state index in [1.54, 1.807) is 30.4 Å². The molecule has 1 unspecified atom stereocenters. The Morgan fingerprint density at radius 3 is 2.78 bits per heavy atom. The van der Waals surface area contributed by atoms with Crippen LogP contribution in [0.5, 0.6) is 5.75 Å². The number of hydrogen-bond donors (Lipinski definition) is 1. The van der Waals surface area contributed by atoms with Crippen molar-refractivity contribution in [3.63, 3.8) is 0 Å². The molecule has 0 radical (unpaired) electrons. The largest absolute Gasteiger partial charge is 0.488 e. The van der Waals surface area contributed by atoms with Crippen LogP contribution < -0.4 is 10.5 Å². The summed E-state index contributed by atoms with van der Waals surface area (Å²) in [5.41, 5.74) is 6.15. The van der Waals surface area contributed by atoms with Gasteiger partial charge in [0.2, 0.25) is 0 Å². The van der Waals surface area contributed by atoms with Gasteiger partial charge in [-0.3, -0.25) is 0 Å². The summed E-state index contributed by atoms with van der Waals surface area (Å²) >= 11 is 4.97. The van der Waals surface area contributed by atoms with E-state index in [0.29, 0.717) is 17.9 Å². The first-order valence-electron chi connectivity index (χ1n) is 5.47. The fraction of sp³-hybridized carbons (Fsp3) is 0.231. The average molecular weight is 330 g/mol. The van der Waals surface area contributed by atoms with E-state index in [2.05, 4.69) is 15.9 Å². The van der Waals surface area contributed by atoms with Crippen molar-refractivity contribution in [1.29, 1.82) is 0 Å². The lowest BCUT2D eigenvalue weighted by Crippen LogP contribution is -2.07. The van der Waals surface area contributed by atoms with Crippen molar-refractivity contribution >= 4 is 27.3 Å². The van der Waals surface area contributed by atoms with Crippen molar-refractivity contribution < 1.29 is 9.13 Å². The first-order chi connectivity index (χ1) is 8.56. The number of halogens is 2. The highest BCUT2D eigenvalue weighted by Gasteiger charge is 2.08. The quantitative estimate of drug-likeness (QED) is 0.910. The molecule has 1 atom stereocenters. The smallest absolute Gasteiger partial charge is 0.131 e. The monoisotopic (exact) mass is 329 g/mol. The van der Waals surface area contributed by atoms with Gasteiger partial charge in [0.25, 0.3) is 0 Å². The van der Waals surface area contributed by atoms with Crippen LogP contribution in [0.3, 0.4) is 0 Å². The Morgan fingerprint density at radius 1 is 1.44 bits per heavy atom. The van der Waals surface area contributed by atoms with Gasteiger partial charge in [0.05, 0.1) is 0 Å². The topological polar surface area (TPSA) is 35.2 Å². The van der Waals surface area contributed by atoms with E-state index in [1.807, 2.05) is 11.4 Å². The Bertz CT molecular complexity index is 542. The zero-order valence-corrected chi connectivity index (χ0v) is 12.2. The standard InChI is InChI=1S/C13H13BrFNOS/c1-8(16)12-3-2-10(5-13(12)15)17-6-11-4-9(14)7-18-11/h2-5,7-8H,6,16H2,1H3. The second kappa shape index (κ2) is 5.82. The van der Waals surface area contributed by atoms with Crippen molar-refractivity contribution in [1.82, 2.24) is 0 Å². The lowest BCUT2D eigenvalue weighted by Gasteiger charge is -2.09. The molecule has 0 saturated heterocycles. The zero-order valence-electron chi connectivity index (χ0n) is 9.82. The summed E-state index contributed by atoms with van der Waals surface area (Å²) in [6.07, 6.45) is 0. The molecule has 96 valence electrons. The molecule has 0 fully saturated rings. The molecule has 0 spiro atoms. The van der Waals surface area contributed by atoms with Crippen LogP contribution in [-0.2, 0) is 6.61 Å². The predicted octanol–water partition coefficient (Wildman–Crippen LogP) is 4.25. The van der Waals surface area contributed by atoms with Crippen molar-refractivity contribution in [2.24, 2.45) is 5.73 Å². The molecule has 5 heteroatoms. The first kappa shape index (κ1) is 13.5. The second-order valence-corrected chi connectivity index (χ2v) is 5.90. The van der Waals surface area contributed by atoms with Gasteiger partial charge in [0, 0.05) is 32.4 Å². The molecule has 18 heavy (non-hydrogen) atoms. The van der Waals surface area contributed by atoms with Crippen LogP contribution in [-0.4, -0.2) is 0 Å². The third kappa shape index (κ3) is 3.31. The maximum atomic E-state index is 13.7. The summed E-state index contributed by atoms with van der Waals surface area (Å²) in [7, 11) is 0. The van der Waals surface area contributed by atoms with Gasteiger partial charge in [0.1, 0.15) is 18.2 Å². The fourth-order valence-electron chi connectivity index (χ4n) is 1.55. The highest BCUT2D eigenvalue weighted by molar-refractivity contribution is 9.10. The normalized spacial score (nSPS) is 12.4. The Morgan fingerprint density at radius 2 is 2.22 bits per heavy atom. The third-order valence-corrected chi connectivity index (χ3v) is 4.14. The summed E-state index contributed by atoms with van der Waals surface area (Å²) in [4.78, 5) is 1.08. The molecule has 2 nitrogen and oxygen atoms in total. The summed E-state index contributed by atoms with van der Waals surface area (Å²) in [5, 5.41) is 1.98. The maximum absolute atomic E-state index is 13.7. The van der Waals surface area contributed by atoms with Crippen LogP contribution in [0.1, 0.15) is 23.4 Å². The van der Waals surface area contributed by atoms with Gasteiger partial charge in [-0.25, -0.2) is 4.39 Å². The zero-order chi connectivity index (χ0) is 13.1. The van der Waals surface area contributed by atoms with Gasteiger partial charge in [-0.1, -0.05) is 6.07 Å². The van der Waals surface area contributed by atoms with E-state index in [-0.39, 0.29) is 11.9 Å². The fourth-order valence-corrected chi connectivity index (χ4v) is 2.91. The van der Waals surface area contributed by atoms with Crippen molar-refractivity contribution in [3.8, 4) is 5.75 Å². The minimum absolute atomic E-state index is 0.313. The molecule has 2 aromatic rings. The summed E-state index contributed by atoms with van der Waals surface area (Å²) in [5.74, 6) is 0.191. The van der Waals surface area contributed by atoms with Crippen LogP contribution in [0, 0.1) is 5.82 Å². The maximum Gasteiger partial charge on any atom is 0.131 e. The van der Waals surface area contributed by atoms with Crippen LogP contribution in [0.4, 0.5) is 4.39 Å². The third-order valence-electron chi connectivity index (χ3n) is 2.47. The number of hydrogen-bond acceptors (Lipinski definition) is 3. The van der Waals surface area contributed by atoms with E-state index >= 15 is 0 Å². The summed E-state index contributed by atoms with van der Waals surface area (Å²) in [6, 6.07) is 6.45. The van der Waals surface area contributed by atoms with E-state index in [0.717, 1.165) is 9.35 Å². The molecule has 0 amide bonds. The Balaban J connectivity index is 2.04. The number of nitrogens with two attached hydrogens (primary N) is 1. The Kier molecular flexibility index (Phi) is 4.37. The molecule has 2 rings (SSSR count). The molecule has 1 heterocycles. The number of ether oxygens (including phenoxy) is 1. The molecule has 1 aromatic carbocycles. The van der Waals surface area contributed by atoms with Gasteiger partial charge >= 0.3 is 0 Å². The van der Waals surface area contributed by atoms with E-state index in [1.165, 1.54) is 6.07 Å². The minimum atomic E-state index is -0.324. The molecular weight excluding hydrogens is 317 g/mol. The van der Waals surface area contributed by atoms with Crippen LogP contribution in [0.25, 0.3) is 0 Å². The van der Waals surface area contributed by atoms with Crippen molar-refractivity contribution in [2.45, 2.75) is 19.6 Å². The van der Waals surface area contributed by atoms with Crippen molar-refractivity contribution in [2.75, 3.05) is 0 Å². The predicted molar refractivity (Wildman–Crippen MR) is 75.4 cm³/mol. The van der Waals surface area contributed by atoms with E-state index in [9.17, 15) is 4.39 Å². The lowest BCUT2D eigenvalue weighted by atomic mass is 10.1. The molecule has 0 aliphatic rings. The van der Waals surface area contributed by atoms with Gasteiger partial charge in [-0.15, -0.1) is 11.3 Å². The van der Waals surface area contributed by atoms with Gasteiger partial charge in [0.15, 0.2) is 0 Å². The highest BCUT2D eigenvalue weighted by Crippen LogP contribution is 2.24. The molecule has 0 aliphatic heterocycles. The van der Waals surface area contributed by atoms with E-state index in [4.69, 9.17) is 10.5 Å². The SMILES string of the molecule is CC(N)c1ccc(OCc2cc(Br)cs2)cc1F. The summed E-state index contributed by atoms with van der Waals surface area (Å²) in [6.45, 7) is 2.19. The Hall–Kier alpha value is -0.910. The molecule has 0 saturated carbocycles. The first-order valence-corrected chi connectivity index (χ1v) is 7.14. The minimum Gasteiger partial charge on any atom is -0.488 e. The van der Waals surface area contributed by atoms with Crippen LogP contribution >= 0.6 is 27.3 Å². The summed E-state index contributed by atoms with van der Waals surface area (Å²) < 4.78 is 20.2. The second-order valence-electron chi connectivity index (χ2n) is 3.99. The number of benzene rings is 1. The highest BCUT2D eigenvalue weighted by atomic mass is 79.9. The van der Waals surface area contributed by atoms with E-state index < -0.39 is 0 Å². The molecule has 0 aliphatic carbocycles. The molecule has 1 aromatic heterocycles. The van der Waals surface area contributed by atoms with Crippen molar-refractivity contribution in [3.05, 3.63) is 50.4 Å². The van der Waals surface area contributed by atoms with Crippen LogP contribution in [0.15, 0.2) is 34.1 Å². The number of thiophene rings is 1. The molecule has 0 bridgehead atoms. The van der Waals surface area contributed by atoms with Gasteiger partial charge < -0.3 is 10.5 Å². The van der Waals surface area contributed by atoms with Crippen LogP contribution in [0.2, 0.25) is 0 Å². The van der Waals surface area contributed by atoms with Gasteiger partial charge in [-0.2, -0.15) is 0 Å². The molecular formula is C13H13BrFNOS. The molecule has 2 N–H and O–H groups in total. The Labute approximate surface area is 118 Å². The number of rotatable bonds is 4.